The van der Waals surface area contributed by atoms with Crippen LogP contribution in [0, 0.1) is 6.92 Å². The number of sulfonamides is 1. The number of nitrogens with one attached hydrogen (secondary N) is 1. The van der Waals surface area contributed by atoms with Gasteiger partial charge in [0.15, 0.2) is 0 Å². The van der Waals surface area contributed by atoms with Gasteiger partial charge in [0.1, 0.15) is 5.75 Å². The van der Waals surface area contributed by atoms with Gasteiger partial charge >= 0.3 is 0 Å². The fourth-order valence-corrected chi connectivity index (χ4v) is 5.12. The van der Waals surface area contributed by atoms with E-state index < -0.39 is 10.0 Å². The lowest BCUT2D eigenvalue weighted by atomic mass is 10.0. The maximum atomic E-state index is 13.0. The fraction of sp³-hybridized carbons (Fsp3) is 0.409. The average molecular weight is 417 g/mol. The van der Waals surface area contributed by atoms with Gasteiger partial charge in [0.05, 0.1) is 18.0 Å². The second kappa shape index (κ2) is 8.97. The molecular formula is C22H28N2O4S. The number of benzene rings is 2. The maximum Gasteiger partial charge on any atom is 0.252 e. The van der Waals surface area contributed by atoms with Gasteiger partial charge in [-0.2, -0.15) is 4.31 Å². The van der Waals surface area contributed by atoms with E-state index in [1.807, 2.05) is 38.1 Å². The Hall–Kier alpha value is -2.38. The van der Waals surface area contributed by atoms with E-state index in [0.717, 1.165) is 29.7 Å². The summed E-state index contributed by atoms with van der Waals surface area (Å²) in [6, 6.07) is 12.2. The number of aryl methyl sites for hydroxylation is 1. The molecule has 0 bridgehead atoms. The number of methoxy groups -OCH3 is 1. The third-order valence-electron chi connectivity index (χ3n) is 5.39. The van der Waals surface area contributed by atoms with E-state index in [1.165, 1.54) is 10.4 Å². The summed E-state index contributed by atoms with van der Waals surface area (Å²) in [6.07, 6.45) is 2.46. The normalized spacial score (nSPS) is 15.8. The van der Waals surface area contributed by atoms with E-state index in [0.29, 0.717) is 25.1 Å². The topological polar surface area (TPSA) is 75.7 Å². The van der Waals surface area contributed by atoms with Crippen LogP contribution in [0.4, 0.5) is 0 Å². The molecule has 1 unspecified atom stereocenters. The van der Waals surface area contributed by atoms with Crippen molar-refractivity contribution in [1.29, 1.82) is 0 Å². The Bertz CT molecular complexity index is 965. The highest BCUT2D eigenvalue weighted by molar-refractivity contribution is 7.89. The zero-order valence-electron chi connectivity index (χ0n) is 17.1. The van der Waals surface area contributed by atoms with Crippen molar-refractivity contribution >= 4 is 15.9 Å². The molecule has 7 heteroatoms. The predicted octanol–water partition coefficient (Wildman–Crippen LogP) is 3.67. The van der Waals surface area contributed by atoms with Crippen molar-refractivity contribution in [1.82, 2.24) is 9.62 Å². The molecule has 0 radical (unpaired) electrons. The SMILES string of the molecule is CCC(NC(=O)c1cc(S(=O)(=O)N2CCCC2)ccc1C)c1ccc(OC)cc1. The molecule has 156 valence electrons. The van der Waals surface area contributed by atoms with Crippen LogP contribution >= 0.6 is 0 Å². The summed E-state index contributed by atoms with van der Waals surface area (Å²) >= 11 is 0. The first-order valence-corrected chi connectivity index (χ1v) is 11.4. The Morgan fingerprint density at radius 1 is 1.14 bits per heavy atom. The van der Waals surface area contributed by atoms with Gasteiger partial charge in [-0.3, -0.25) is 4.79 Å². The van der Waals surface area contributed by atoms with Crippen LogP contribution in [0.5, 0.6) is 5.75 Å². The van der Waals surface area contributed by atoms with Gasteiger partial charge in [-0.1, -0.05) is 25.1 Å². The van der Waals surface area contributed by atoms with Crippen LogP contribution in [0.3, 0.4) is 0 Å². The van der Waals surface area contributed by atoms with Crippen molar-refractivity contribution in [2.45, 2.75) is 44.0 Å². The molecule has 0 saturated carbocycles. The van der Waals surface area contributed by atoms with Crippen LogP contribution in [0.1, 0.15) is 53.7 Å². The Labute approximate surface area is 172 Å². The number of amides is 1. The minimum Gasteiger partial charge on any atom is -0.497 e. The van der Waals surface area contributed by atoms with Crippen LogP contribution in [-0.2, 0) is 10.0 Å². The molecule has 2 aromatic carbocycles. The lowest BCUT2D eigenvalue weighted by molar-refractivity contribution is 0.0934. The summed E-state index contributed by atoms with van der Waals surface area (Å²) in [5.74, 6) is 0.481. The number of hydrogen-bond acceptors (Lipinski definition) is 4. The molecule has 0 spiro atoms. The standard InChI is InChI=1S/C22H28N2O4S/c1-4-21(17-8-10-18(28-3)11-9-17)23-22(25)20-15-19(12-7-16(20)2)29(26,27)24-13-5-6-14-24/h7-12,15,21H,4-6,13-14H2,1-3H3,(H,23,25). The van der Waals surface area contributed by atoms with Crippen LogP contribution in [0.2, 0.25) is 0 Å². The van der Waals surface area contributed by atoms with Gasteiger partial charge in [0.25, 0.3) is 5.91 Å². The number of ether oxygens (including phenoxy) is 1. The molecule has 1 heterocycles. The molecule has 1 aliphatic heterocycles. The Morgan fingerprint density at radius 2 is 1.79 bits per heavy atom. The summed E-state index contributed by atoms with van der Waals surface area (Å²) in [4.78, 5) is 13.2. The quantitative estimate of drug-likeness (QED) is 0.747. The van der Waals surface area contributed by atoms with Crippen molar-refractivity contribution in [3.63, 3.8) is 0 Å². The van der Waals surface area contributed by atoms with E-state index in [-0.39, 0.29) is 16.8 Å². The summed E-state index contributed by atoms with van der Waals surface area (Å²) in [5.41, 5.74) is 2.10. The van der Waals surface area contributed by atoms with E-state index >= 15 is 0 Å². The first-order chi connectivity index (χ1) is 13.9. The molecule has 1 amide bonds. The molecule has 2 aromatic rings. The number of nitrogens with zero attached hydrogens (tertiary/aromatic N) is 1. The Morgan fingerprint density at radius 3 is 2.38 bits per heavy atom. The van der Waals surface area contributed by atoms with Crippen LogP contribution in [0.15, 0.2) is 47.4 Å². The lowest BCUT2D eigenvalue weighted by Crippen LogP contribution is -2.30. The monoisotopic (exact) mass is 416 g/mol. The number of hydrogen-bond donors (Lipinski definition) is 1. The molecule has 1 atom stereocenters. The van der Waals surface area contributed by atoms with Crippen LogP contribution < -0.4 is 10.1 Å². The highest BCUT2D eigenvalue weighted by Gasteiger charge is 2.28. The van der Waals surface area contributed by atoms with E-state index in [9.17, 15) is 13.2 Å². The molecule has 1 aliphatic rings. The lowest BCUT2D eigenvalue weighted by Gasteiger charge is -2.20. The van der Waals surface area contributed by atoms with Gasteiger partial charge in [0, 0.05) is 18.7 Å². The van der Waals surface area contributed by atoms with Crippen molar-refractivity contribution in [3.8, 4) is 5.75 Å². The summed E-state index contributed by atoms with van der Waals surface area (Å²) in [5, 5.41) is 3.04. The minimum atomic E-state index is -3.57. The number of carbonyl (C=O) groups excluding carboxylic acids is 1. The molecule has 0 aliphatic carbocycles. The van der Waals surface area contributed by atoms with Gasteiger partial charge in [0.2, 0.25) is 10.0 Å². The van der Waals surface area contributed by atoms with Crippen molar-refractivity contribution < 1.29 is 17.9 Å². The molecule has 1 fully saturated rings. The molecule has 1 saturated heterocycles. The third-order valence-corrected chi connectivity index (χ3v) is 7.28. The Kier molecular flexibility index (Phi) is 6.59. The highest BCUT2D eigenvalue weighted by Crippen LogP contribution is 2.25. The minimum absolute atomic E-state index is 0.174. The van der Waals surface area contributed by atoms with Crippen LogP contribution in [-0.4, -0.2) is 38.8 Å². The molecule has 1 N–H and O–H groups in total. The smallest absolute Gasteiger partial charge is 0.252 e. The zero-order chi connectivity index (χ0) is 21.0. The zero-order valence-corrected chi connectivity index (χ0v) is 18.0. The first-order valence-electron chi connectivity index (χ1n) is 9.92. The largest absolute Gasteiger partial charge is 0.497 e. The number of rotatable bonds is 7. The third kappa shape index (κ3) is 4.62. The van der Waals surface area contributed by atoms with E-state index in [2.05, 4.69) is 5.32 Å². The van der Waals surface area contributed by atoms with Crippen molar-refractivity contribution in [2.75, 3.05) is 20.2 Å². The van der Waals surface area contributed by atoms with Gasteiger partial charge in [-0.25, -0.2) is 8.42 Å². The molecule has 0 aromatic heterocycles. The second-order valence-electron chi connectivity index (χ2n) is 7.30. The molecule has 29 heavy (non-hydrogen) atoms. The summed E-state index contributed by atoms with van der Waals surface area (Å²) < 4.78 is 32.4. The summed E-state index contributed by atoms with van der Waals surface area (Å²) in [7, 11) is -1.95. The van der Waals surface area contributed by atoms with Gasteiger partial charge < -0.3 is 10.1 Å². The van der Waals surface area contributed by atoms with Gasteiger partial charge in [-0.15, -0.1) is 0 Å². The highest BCUT2D eigenvalue weighted by atomic mass is 32.2. The number of carbonyl (C=O) groups is 1. The van der Waals surface area contributed by atoms with E-state index in [4.69, 9.17) is 4.74 Å². The van der Waals surface area contributed by atoms with Crippen molar-refractivity contribution in [3.05, 3.63) is 59.2 Å². The van der Waals surface area contributed by atoms with Crippen molar-refractivity contribution in [2.24, 2.45) is 0 Å². The summed E-state index contributed by atoms with van der Waals surface area (Å²) in [6.45, 7) is 4.88. The maximum absolute atomic E-state index is 13.0. The predicted molar refractivity (Wildman–Crippen MR) is 113 cm³/mol. The molecule has 6 nitrogen and oxygen atoms in total. The molecule has 3 rings (SSSR count). The second-order valence-corrected chi connectivity index (χ2v) is 9.23. The van der Waals surface area contributed by atoms with Gasteiger partial charge in [-0.05, 0) is 61.6 Å². The van der Waals surface area contributed by atoms with E-state index in [1.54, 1.807) is 19.2 Å². The Balaban J connectivity index is 1.84. The first kappa shape index (κ1) is 21.3. The van der Waals surface area contributed by atoms with Crippen LogP contribution in [0.25, 0.3) is 0 Å². The molecular weight excluding hydrogens is 388 g/mol. The fourth-order valence-electron chi connectivity index (χ4n) is 3.58. The average Bonchev–Trinajstić information content (AvgIpc) is 3.28.